The molecule has 2 N–H and O–H groups in total. The Labute approximate surface area is 155 Å². The molecule has 0 aliphatic carbocycles. The van der Waals surface area contributed by atoms with Crippen LogP contribution in [0.2, 0.25) is 0 Å². The van der Waals surface area contributed by atoms with Gasteiger partial charge in [0.15, 0.2) is 6.04 Å². The van der Waals surface area contributed by atoms with Crippen LogP contribution >= 0.6 is 0 Å². The summed E-state index contributed by atoms with van der Waals surface area (Å²) < 4.78 is 10.8. The predicted octanol–water partition coefficient (Wildman–Crippen LogP) is 2.30. The lowest BCUT2D eigenvalue weighted by molar-refractivity contribution is -0.907. The van der Waals surface area contributed by atoms with Crippen molar-refractivity contribution in [3.63, 3.8) is 0 Å². The number of quaternary nitrogens is 1. The lowest BCUT2D eigenvalue weighted by Crippen LogP contribution is -3.12. The highest BCUT2D eigenvalue weighted by Gasteiger charge is 2.22. The average Bonchev–Trinajstić information content (AvgIpc) is 2.67. The van der Waals surface area contributed by atoms with Crippen LogP contribution in [0.15, 0.2) is 61.2 Å². The van der Waals surface area contributed by atoms with Crippen LogP contribution < -0.4 is 19.7 Å². The number of amides is 1. The Bertz CT molecular complexity index is 728. The third kappa shape index (κ3) is 5.36. The fraction of sp³-hybridized carbons (Fsp3) is 0.286. The van der Waals surface area contributed by atoms with Gasteiger partial charge in [0.05, 0.1) is 19.8 Å². The zero-order valence-electron chi connectivity index (χ0n) is 15.6. The van der Waals surface area contributed by atoms with Crippen molar-refractivity contribution >= 4 is 11.6 Å². The molecule has 5 heteroatoms. The van der Waals surface area contributed by atoms with Crippen LogP contribution in [0.4, 0.5) is 5.69 Å². The molecular formula is C21H27N2O3+. The number of hydrogen-bond donors (Lipinski definition) is 2. The molecule has 0 radical (unpaired) electrons. The van der Waals surface area contributed by atoms with E-state index < -0.39 is 0 Å². The van der Waals surface area contributed by atoms with E-state index in [2.05, 4.69) is 11.9 Å². The van der Waals surface area contributed by atoms with Gasteiger partial charge in [-0.25, -0.2) is 0 Å². The van der Waals surface area contributed by atoms with Crippen LogP contribution in [0.1, 0.15) is 12.5 Å². The van der Waals surface area contributed by atoms with Gasteiger partial charge in [0.25, 0.3) is 5.91 Å². The van der Waals surface area contributed by atoms with Crippen LogP contribution in [0.5, 0.6) is 11.5 Å². The van der Waals surface area contributed by atoms with Crippen molar-refractivity contribution in [2.75, 3.05) is 26.1 Å². The number of para-hydroxylation sites is 2. The van der Waals surface area contributed by atoms with E-state index in [-0.39, 0.29) is 11.9 Å². The molecule has 2 atom stereocenters. The quantitative estimate of drug-likeness (QED) is 0.679. The molecule has 26 heavy (non-hydrogen) atoms. The molecule has 2 rings (SSSR count). The molecule has 0 saturated carbocycles. The summed E-state index contributed by atoms with van der Waals surface area (Å²) in [6, 6.07) is 15.1. The lowest BCUT2D eigenvalue weighted by Gasteiger charge is -2.21. The minimum absolute atomic E-state index is 0.0436. The third-order valence-corrected chi connectivity index (χ3v) is 4.27. The maximum absolute atomic E-state index is 12.6. The number of nitrogens with one attached hydrogen (secondary N) is 2. The number of ether oxygens (including phenoxy) is 2. The first-order chi connectivity index (χ1) is 12.5. The molecule has 0 aliphatic rings. The number of anilines is 1. The molecule has 0 aromatic heterocycles. The molecule has 0 fully saturated rings. The number of hydrogen-bond acceptors (Lipinski definition) is 3. The van der Waals surface area contributed by atoms with Gasteiger partial charge in [-0.1, -0.05) is 24.8 Å². The number of carbonyl (C=O) groups excluding carboxylic acids is 1. The van der Waals surface area contributed by atoms with E-state index >= 15 is 0 Å². The van der Waals surface area contributed by atoms with Gasteiger partial charge in [-0.15, -0.1) is 0 Å². The van der Waals surface area contributed by atoms with Crippen LogP contribution in [0.25, 0.3) is 0 Å². The highest BCUT2D eigenvalue weighted by Crippen LogP contribution is 2.22. The SMILES string of the molecule is C=CCOc1ccc(C[NH+](C)[C@@H](C)C(=O)Nc2ccccc2OC)cc1. The maximum Gasteiger partial charge on any atom is 0.282 e. The first-order valence-electron chi connectivity index (χ1n) is 8.64. The molecule has 2 aromatic rings. The second-order valence-corrected chi connectivity index (χ2v) is 6.18. The van der Waals surface area contributed by atoms with Crippen LogP contribution in [0, 0.1) is 0 Å². The van der Waals surface area contributed by atoms with Crippen LogP contribution in [-0.2, 0) is 11.3 Å². The van der Waals surface area contributed by atoms with Crippen molar-refractivity contribution in [3.05, 3.63) is 66.7 Å². The molecule has 5 nitrogen and oxygen atoms in total. The molecule has 2 aromatic carbocycles. The zero-order chi connectivity index (χ0) is 18.9. The van der Waals surface area contributed by atoms with Crippen molar-refractivity contribution in [3.8, 4) is 11.5 Å². The molecule has 0 aliphatic heterocycles. The summed E-state index contributed by atoms with van der Waals surface area (Å²) in [7, 11) is 3.60. The minimum atomic E-state index is -0.211. The average molecular weight is 355 g/mol. The Morgan fingerprint density at radius 2 is 1.92 bits per heavy atom. The Balaban J connectivity index is 1.94. The predicted molar refractivity (Wildman–Crippen MR) is 104 cm³/mol. The largest absolute Gasteiger partial charge is 0.495 e. The summed E-state index contributed by atoms with van der Waals surface area (Å²) >= 11 is 0. The third-order valence-electron chi connectivity index (χ3n) is 4.27. The van der Waals surface area contributed by atoms with E-state index in [4.69, 9.17) is 9.47 Å². The second kappa shape index (κ2) is 9.63. The van der Waals surface area contributed by atoms with Gasteiger partial charge < -0.3 is 19.7 Å². The van der Waals surface area contributed by atoms with Crippen molar-refractivity contribution in [2.24, 2.45) is 0 Å². The Kier molecular flexibility index (Phi) is 7.24. The van der Waals surface area contributed by atoms with Crippen molar-refractivity contribution in [1.29, 1.82) is 0 Å². The van der Waals surface area contributed by atoms with Gasteiger partial charge in [0.1, 0.15) is 24.7 Å². The van der Waals surface area contributed by atoms with E-state index in [0.29, 0.717) is 18.0 Å². The van der Waals surface area contributed by atoms with Gasteiger partial charge in [0, 0.05) is 5.56 Å². The van der Waals surface area contributed by atoms with E-state index in [1.165, 1.54) is 0 Å². The lowest BCUT2D eigenvalue weighted by atomic mass is 10.1. The molecular weight excluding hydrogens is 328 g/mol. The second-order valence-electron chi connectivity index (χ2n) is 6.18. The van der Waals surface area contributed by atoms with Crippen LogP contribution in [-0.4, -0.2) is 32.7 Å². The van der Waals surface area contributed by atoms with Crippen molar-refractivity contribution < 1.29 is 19.2 Å². The van der Waals surface area contributed by atoms with Crippen molar-refractivity contribution in [1.82, 2.24) is 0 Å². The Hall–Kier alpha value is -2.79. The summed E-state index contributed by atoms with van der Waals surface area (Å²) in [4.78, 5) is 13.7. The standard InChI is InChI=1S/C21H26N2O3/c1-5-14-26-18-12-10-17(11-13-18)15-23(3)16(2)21(24)22-19-8-6-7-9-20(19)25-4/h5-13,16H,1,14-15H2,2-4H3,(H,22,24)/p+1/t16-/m0/s1. The van der Waals surface area contributed by atoms with E-state index in [1.807, 2.05) is 62.5 Å². The topological polar surface area (TPSA) is 52.0 Å². The highest BCUT2D eigenvalue weighted by molar-refractivity contribution is 5.94. The number of methoxy groups -OCH3 is 1. The van der Waals surface area contributed by atoms with Gasteiger partial charge in [0.2, 0.25) is 0 Å². The van der Waals surface area contributed by atoms with Gasteiger partial charge >= 0.3 is 0 Å². The molecule has 0 heterocycles. The number of rotatable bonds is 9. The summed E-state index contributed by atoms with van der Waals surface area (Å²) in [5.41, 5.74) is 1.83. The molecule has 1 unspecified atom stereocenters. The number of carbonyl (C=O) groups is 1. The number of benzene rings is 2. The zero-order valence-corrected chi connectivity index (χ0v) is 15.6. The van der Waals surface area contributed by atoms with E-state index in [1.54, 1.807) is 13.2 Å². The Morgan fingerprint density at radius 1 is 1.23 bits per heavy atom. The summed E-state index contributed by atoms with van der Waals surface area (Å²) in [5, 5.41) is 2.95. The fourth-order valence-electron chi connectivity index (χ4n) is 2.55. The summed E-state index contributed by atoms with van der Waals surface area (Å²) in [6.07, 6.45) is 1.72. The van der Waals surface area contributed by atoms with Gasteiger partial charge in [-0.3, -0.25) is 4.79 Å². The molecule has 0 spiro atoms. The first-order valence-corrected chi connectivity index (χ1v) is 8.64. The molecule has 138 valence electrons. The summed E-state index contributed by atoms with van der Waals surface area (Å²) in [5.74, 6) is 1.42. The van der Waals surface area contributed by atoms with Gasteiger partial charge in [-0.05, 0) is 43.3 Å². The normalized spacial score (nSPS) is 12.7. The maximum atomic E-state index is 12.6. The Morgan fingerprint density at radius 3 is 2.58 bits per heavy atom. The molecule has 1 amide bonds. The smallest absolute Gasteiger partial charge is 0.282 e. The van der Waals surface area contributed by atoms with E-state index in [9.17, 15) is 4.79 Å². The monoisotopic (exact) mass is 355 g/mol. The van der Waals surface area contributed by atoms with E-state index in [0.717, 1.165) is 22.8 Å². The van der Waals surface area contributed by atoms with Gasteiger partial charge in [-0.2, -0.15) is 0 Å². The molecule has 0 saturated heterocycles. The fourth-order valence-corrected chi connectivity index (χ4v) is 2.55. The number of likely N-dealkylation sites (N-methyl/N-ethyl adjacent to an activating group) is 1. The van der Waals surface area contributed by atoms with Crippen LogP contribution in [0.3, 0.4) is 0 Å². The minimum Gasteiger partial charge on any atom is -0.495 e. The van der Waals surface area contributed by atoms with Crippen molar-refractivity contribution in [2.45, 2.75) is 19.5 Å². The first kappa shape index (κ1) is 19.5. The molecule has 0 bridgehead atoms. The summed E-state index contributed by atoms with van der Waals surface area (Å²) in [6.45, 7) is 6.78. The highest BCUT2D eigenvalue weighted by atomic mass is 16.5.